The molecule has 23 heavy (non-hydrogen) atoms. The van der Waals surface area contributed by atoms with Gasteiger partial charge in [0.05, 0.1) is 6.04 Å². The zero-order chi connectivity index (χ0) is 16.4. The van der Waals surface area contributed by atoms with Gasteiger partial charge >= 0.3 is 0 Å². The second kappa shape index (κ2) is 6.41. The average molecular weight is 305 g/mol. The van der Waals surface area contributed by atoms with Crippen molar-refractivity contribution in [2.45, 2.75) is 33.2 Å². The van der Waals surface area contributed by atoms with E-state index in [0.717, 1.165) is 18.5 Å². The number of rotatable bonds is 2. The van der Waals surface area contributed by atoms with Crippen molar-refractivity contribution in [1.82, 2.24) is 4.90 Å². The molecular weight excluding hydrogens is 282 g/mol. The van der Waals surface area contributed by atoms with Crippen LogP contribution in [0.1, 0.15) is 42.1 Å². The summed E-state index contributed by atoms with van der Waals surface area (Å²) < 4.78 is 0. The molecule has 118 valence electrons. The minimum absolute atomic E-state index is 0.00273. The third-order valence-corrected chi connectivity index (χ3v) is 4.71. The van der Waals surface area contributed by atoms with Crippen molar-refractivity contribution in [2.24, 2.45) is 0 Å². The van der Waals surface area contributed by atoms with Crippen LogP contribution in [-0.2, 0) is 11.2 Å². The van der Waals surface area contributed by atoms with E-state index in [2.05, 4.69) is 55.5 Å². The Kier molecular flexibility index (Phi) is 4.33. The molecular formula is C21H23NO. The van der Waals surface area contributed by atoms with Crippen LogP contribution in [0.4, 0.5) is 0 Å². The zero-order valence-electron chi connectivity index (χ0n) is 14.0. The van der Waals surface area contributed by atoms with E-state index in [9.17, 15) is 4.79 Å². The lowest BCUT2D eigenvalue weighted by molar-refractivity contribution is -0.129. The Hall–Kier alpha value is -2.35. The number of carbonyl (C=O) groups is 1. The lowest BCUT2D eigenvalue weighted by Gasteiger charge is -2.38. The van der Waals surface area contributed by atoms with E-state index in [1.165, 1.54) is 22.3 Å². The lowest BCUT2D eigenvalue weighted by atomic mass is 9.87. The molecule has 1 unspecified atom stereocenters. The van der Waals surface area contributed by atoms with Gasteiger partial charge in [-0.3, -0.25) is 4.79 Å². The van der Waals surface area contributed by atoms with Crippen molar-refractivity contribution < 1.29 is 4.79 Å². The molecule has 0 fully saturated rings. The largest absolute Gasteiger partial charge is 0.327 e. The van der Waals surface area contributed by atoms with Crippen LogP contribution in [0.2, 0.25) is 0 Å². The standard InChI is InChI=1S/C21H23NO/c1-4-16(3)21(23)22-14-13-17-7-5-6-8-19(17)20(22)18-11-9-15(2)10-12-18/h4-12,20H,13-14H2,1-3H3/b16-4+. The van der Waals surface area contributed by atoms with E-state index in [1.807, 2.05) is 24.8 Å². The monoisotopic (exact) mass is 305 g/mol. The predicted molar refractivity (Wildman–Crippen MR) is 94.3 cm³/mol. The van der Waals surface area contributed by atoms with Crippen LogP contribution >= 0.6 is 0 Å². The first-order valence-corrected chi connectivity index (χ1v) is 8.20. The van der Waals surface area contributed by atoms with E-state index in [-0.39, 0.29) is 11.9 Å². The number of benzene rings is 2. The predicted octanol–water partition coefficient (Wildman–Crippen LogP) is 4.44. The fourth-order valence-corrected chi connectivity index (χ4v) is 3.24. The molecule has 2 heteroatoms. The maximum Gasteiger partial charge on any atom is 0.249 e. The van der Waals surface area contributed by atoms with E-state index in [4.69, 9.17) is 0 Å². The molecule has 2 aromatic carbocycles. The maximum absolute atomic E-state index is 12.8. The molecule has 0 N–H and O–H groups in total. The van der Waals surface area contributed by atoms with Crippen LogP contribution in [0.25, 0.3) is 0 Å². The number of hydrogen-bond donors (Lipinski definition) is 0. The Morgan fingerprint density at radius 3 is 2.52 bits per heavy atom. The van der Waals surface area contributed by atoms with Gasteiger partial charge in [-0.1, -0.05) is 60.2 Å². The number of allylic oxidation sites excluding steroid dienone is 1. The summed E-state index contributed by atoms with van der Waals surface area (Å²) in [5.74, 6) is 0.132. The van der Waals surface area contributed by atoms with Crippen molar-refractivity contribution >= 4 is 5.91 Å². The van der Waals surface area contributed by atoms with Crippen LogP contribution in [0.3, 0.4) is 0 Å². The SMILES string of the molecule is C/C=C(\C)C(=O)N1CCc2ccccc2C1c1ccc(C)cc1. The third kappa shape index (κ3) is 2.94. The van der Waals surface area contributed by atoms with Crippen molar-refractivity contribution in [3.63, 3.8) is 0 Å². The Balaban J connectivity index is 2.10. The molecule has 2 aromatic rings. The quantitative estimate of drug-likeness (QED) is 0.751. The molecule has 1 heterocycles. The van der Waals surface area contributed by atoms with Gasteiger partial charge in [-0.05, 0) is 43.9 Å². The van der Waals surface area contributed by atoms with Crippen LogP contribution in [-0.4, -0.2) is 17.4 Å². The molecule has 0 spiro atoms. The molecule has 0 aliphatic carbocycles. The first-order chi connectivity index (χ1) is 11.1. The minimum Gasteiger partial charge on any atom is -0.327 e. The number of carbonyl (C=O) groups excluding carboxylic acids is 1. The van der Waals surface area contributed by atoms with Crippen LogP contribution < -0.4 is 0 Å². The van der Waals surface area contributed by atoms with Gasteiger partial charge in [-0.25, -0.2) is 0 Å². The summed E-state index contributed by atoms with van der Waals surface area (Å²) in [7, 11) is 0. The van der Waals surface area contributed by atoms with E-state index in [0.29, 0.717) is 0 Å². The highest BCUT2D eigenvalue weighted by Crippen LogP contribution is 2.35. The summed E-state index contributed by atoms with van der Waals surface area (Å²) in [6.07, 6.45) is 2.82. The fourth-order valence-electron chi connectivity index (χ4n) is 3.24. The first kappa shape index (κ1) is 15.5. The van der Waals surface area contributed by atoms with Gasteiger partial charge < -0.3 is 4.90 Å². The maximum atomic E-state index is 12.8. The highest BCUT2D eigenvalue weighted by Gasteiger charge is 2.31. The number of aryl methyl sites for hydroxylation is 1. The summed E-state index contributed by atoms with van der Waals surface area (Å²) >= 11 is 0. The Labute approximate surface area is 138 Å². The van der Waals surface area contributed by atoms with E-state index >= 15 is 0 Å². The number of hydrogen-bond acceptors (Lipinski definition) is 1. The van der Waals surface area contributed by atoms with Gasteiger partial charge in [-0.15, -0.1) is 0 Å². The summed E-state index contributed by atoms with van der Waals surface area (Å²) in [6.45, 7) is 6.67. The van der Waals surface area contributed by atoms with Gasteiger partial charge in [0.1, 0.15) is 0 Å². The van der Waals surface area contributed by atoms with Gasteiger partial charge in [0.2, 0.25) is 5.91 Å². The van der Waals surface area contributed by atoms with Crippen molar-refractivity contribution in [3.05, 3.63) is 82.4 Å². The van der Waals surface area contributed by atoms with Crippen LogP contribution in [0, 0.1) is 6.92 Å². The van der Waals surface area contributed by atoms with E-state index in [1.54, 1.807) is 0 Å². The lowest BCUT2D eigenvalue weighted by Crippen LogP contribution is -2.41. The minimum atomic E-state index is 0.00273. The smallest absolute Gasteiger partial charge is 0.249 e. The Morgan fingerprint density at radius 2 is 1.83 bits per heavy atom. The van der Waals surface area contributed by atoms with Gasteiger partial charge in [0, 0.05) is 12.1 Å². The normalized spacial score (nSPS) is 17.8. The van der Waals surface area contributed by atoms with Crippen LogP contribution in [0.5, 0.6) is 0 Å². The van der Waals surface area contributed by atoms with Gasteiger partial charge in [0.25, 0.3) is 0 Å². The molecule has 0 saturated carbocycles. The number of nitrogens with zero attached hydrogens (tertiary/aromatic N) is 1. The van der Waals surface area contributed by atoms with Gasteiger partial charge in [-0.2, -0.15) is 0 Å². The highest BCUT2D eigenvalue weighted by atomic mass is 16.2. The average Bonchev–Trinajstić information content (AvgIpc) is 2.60. The zero-order valence-corrected chi connectivity index (χ0v) is 14.0. The molecule has 0 saturated heterocycles. The Bertz CT molecular complexity index is 743. The molecule has 1 amide bonds. The molecule has 1 atom stereocenters. The first-order valence-electron chi connectivity index (χ1n) is 8.20. The molecule has 1 aliphatic heterocycles. The molecule has 0 radical (unpaired) electrons. The number of fused-ring (bicyclic) bond motifs is 1. The highest BCUT2D eigenvalue weighted by molar-refractivity contribution is 5.93. The second-order valence-corrected chi connectivity index (χ2v) is 6.23. The molecule has 1 aliphatic rings. The topological polar surface area (TPSA) is 20.3 Å². The van der Waals surface area contributed by atoms with Crippen molar-refractivity contribution in [2.75, 3.05) is 6.54 Å². The summed E-state index contributed by atoms with van der Waals surface area (Å²) in [4.78, 5) is 14.9. The Morgan fingerprint density at radius 1 is 1.13 bits per heavy atom. The summed E-state index contributed by atoms with van der Waals surface area (Å²) in [6, 6.07) is 17.0. The molecule has 2 nitrogen and oxygen atoms in total. The van der Waals surface area contributed by atoms with Crippen LogP contribution in [0.15, 0.2) is 60.2 Å². The molecule has 0 aromatic heterocycles. The number of amides is 1. The second-order valence-electron chi connectivity index (χ2n) is 6.23. The third-order valence-electron chi connectivity index (χ3n) is 4.71. The fraction of sp³-hybridized carbons (Fsp3) is 0.286. The van der Waals surface area contributed by atoms with Crippen molar-refractivity contribution in [1.29, 1.82) is 0 Å². The summed E-state index contributed by atoms with van der Waals surface area (Å²) in [5.41, 5.74) is 5.82. The molecule has 3 rings (SSSR count). The van der Waals surface area contributed by atoms with Gasteiger partial charge in [0.15, 0.2) is 0 Å². The molecule has 0 bridgehead atoms. The summed E-state index contributed by atoms with van der Waals surface area (Å²) in [5, 5.41) is 0. The van der Waals surface area contributed by atoms with E-state index < -0.39 is 0 Å². The van der Waals surface area contributed by atoms with Crippen molar-refractivity contribution in [3.8, 4) is 0 Å².